The maximum Gasteiger partial charge on any atom is 0.142 e. The Kier molecular flexibility index (Phi) is 5.08. The van der Waals surface area contributed by atoms with Gasteiger partial charge in [-0.05, 0) is 44.9 Å². The van der Waals surface area contributed by atoms with E-state index in [4.69, 9.17) is 4.74 Å². The van der Waals surface area contributed by atoms with Gasteiger partial charge in [0.1, 0.15) is 5.75 Å². The summed E-state index contributed by atoms with van der Waals surface area (Å²) in [7, 11) is 1.75. The van der Waals surface area contributed by atoms with Crippen LogP contribution in [0.15, 0.2) is 24.3 Å². The summed E-state index contributed by atoms with van der Waals surface area (Å²) < 4.78 is 5.48. The van der Waals surface area contributed by atoms with Crippen LogP contribution in [0.25, 0.3) is 0 Å². The Labute approximate surface area is 116 Å². The Balaban J connectivity index is 2.03. The fourth-order valence-electron chi connectivity index (χ4n) is 2.93. The maximum atomic E-state index is 5.48. The first-order valence-electron chi connectivity index (χ1n) is 7.39. The Morgan fingerprint density at radius 2 is 2.16 bits per heavy atom. The van der Waals surface area contributed by atoms with Gasteiger partial charge in [-0.25, -0.2) is 0 Å². The number of nitrogens with one attached hydrogen (secondary N) is 1. The topological polar surface area (TPSA) is 24.5 Å². The molecule has 1 aromatic carbocycles. The second kappa shape index (κ2) is 6.80. The summed E-state index contributed by atoms with van der Waals surface area (Å²) in [5.74, 6) is 0.981. The average molecular weight is 262 g/mol. The lowest BCUT2D eigenvalue weighted by Gasteiger charge is -2.40. The first-order chi connectivity index (χ1) is 9.26. The van der Waals surface area contributed by atoms with Crippen LogP contribution in [-0.2, 0) is 0 Å². The molecule has 1 fully saturated rings. The molecule has 0 radical (unpaired) electrons. The molecule has 1 saturated heterocycles. The van der Waals surface area contributed by atoms with E-state index in [0.29, 0.717) is 12.1 Å². The van der Waals surface area contributed by atoms with Crippen molar-refractivity contribution in [2.45, 2.75) is 45.2 Å². The second-order valence-corrected chi connectivity index (χ2v) is 5.39. The molecule has 106 valence electrons. The summed E-state index contributed by atoms with van der Waals surface area (Å²) in [5, 5.41) is 3.64. The normalized spacial score (nSPS) is 23.4. The molecule has 1 aliphatic heterocycles. The quantitative estimate of drug-likeness (QED) is 0.882. The molecule has 19 heavy (non-hydrogen) atoms. The monoisotopic (exact) mass is 262 g/mol. The number of anilines is 1. The van der Waals surface area contributed by atoms with Gasteiger partial charge in [0.15, 0.2) is 0 Å². The van der Waals surface area contributed by atoms with Gasteiger partial charge < -0.3 is 15.0 Å². The van der Waals surface area contributed by atoms with Gasteiger partial charge in [0.25, 0.3) is 0 Å². The Bertz CT molecular complexity index is 394. The molecule has 0 bridgehead atoms. The molecular formula is C16H26N2O. The zero-order valence-electron chi connectivity index (χ0n) is 12.4. The van der Waals surface area contributed by atoms with E-state index in [1.807, 2.05) is 12.1 Å². The number of hydrogen-bond donors (Lipinski definition) is 1. The van der Waals surface area contributed by atoms with Gasteiger partial charge in [0.2, 0.25) is 0 Å². The molecule has 0 spiro atoms. The number of ether oxygens (including phenoxy) is 1. The molecule has 0 aromatic heterocycles. The number of benzene rings is 1. The third-order valence-corrected chi connectivity index (χ3v) is 3.95. The number of methoxy groups -OCH3 is 1. The molecule has 2 atom stereocenters. The summed E-state index contributed by atoms with van der Waals surface area (Å²) >= 11 is 0. The summed E-state index contributed by atoms with van der Waals surface area (Å²) in [5.41, 5.74) is 1.23. The minimum absolute atomic E-state index is 0.555. The first kappa shape index (κ1) is 14.2. The predicted molar refractivity (Wildman–Crippen MR) is 81.1 cm³/mol. The molecule has 1 aromatic rings. The van der Waals surface area contributed by atoms with Crippen molar-refractivity contribution in [3.63, 3.8) is 0 Å². The van der Waals surface area contributed by atoms with Crippen LogP contribution < -0.4 is 15.0 Å². The molecule has 0 saturated carbocycles. The lowest BCUT2D eigenvalue weighted by Crippen LogP contribution is -2.47. The van der Waals surface area contributed by atoms with Gasteiger partial charge in [-0.2, -0.15) is 0 Å². The highest BCUT2D eigenvalue weighted by molar-refractivity contribution is 5.59. The predicted octanol–water partition coefficient (Wildman–Crippen LogP) is 3.05. The van der Waals surface area contributed by atoms with Crippen molar-refractivity contribution in [2.75, 3.05) is 25.1 Å². The molecule has 1 N–H and O–H groups in total. The van der Waals surface area contributed by atoms with Gasteiger partial charge in [-0.1, -0.05) is 19.1 Å². The Morgan fingerprint density at radius 1 is 1.37 bits per heavy atom. The van der Waals surface area contributed by atoms with E-state index in [1.54, 1.807) is 7.11 Å². The third-order valence-electron chi connectivity index (χ3n) is 3.95. The van der Waals surface area contributed by atoms with Gasteiger partial charge in [-0.3, -0.25) is 0 Å². The first-order valence-corrected chi connectivity index (χ1v) is 7.39. The molecule has 3 heteroatoms. The van der Waals surface area contributed by atoms with Crippen LogP contribution in [0, 0.1) is 0 Å². The summed E-state index contributed by atoms with van der Waals surface area (Å²) in [6, 6.07) is 9.55. The number of nitrogens with zero attached hydrogens (tertiary/aromatic N) is 1. The van der Waals surface area contributed by atoms with E-state index < -0.39 is 0 Å². The van der Waals surface area contributed by atoms with Gasteiger partial charge in [-0.15, -0.1) is 0 Å². The van der Waals surface area contributed by atoms with Crippen molar-refractivity contribution in [2.24, 2.45) is 0 Å². The maximum absolute atomic E-state index is 5.48. The van der Waals surface area contributed by atoms with Crippen molar-refractivity contribution in [1.82, 2.24) is 5.32 Å². The van der Waals surface area contributed by atoms with Crippen molar-refractivity contribution < 1.29 is 4.74 Å². The van der Waals surface area contributed by atoms with Crippen molar-refractivity contribution in [1.29, 1.82) is 0 Å². The van der Waals surface area contributed by atoms with Gasteiger partial charge in [0.05, 0.1) is 12.8 Å². The number of piperidine rings is 1. The van der Waals surface area contributed by atoms with Crippen LogP contribution >= 0.6 is 0 Å². The average Bonchev–Trinajstić information content (AvgIpc) is 2.45. The lowest BCUT2D eigenvalue weighted by atomic mass is 9.97. The smallest absolute Gasteiger partial charge is 0.142 e. The van der Waals surface area contributed by atoms with E-state index in [2.05, 4.69) is 36.2 Å². The van der Waals surface area contributed by atoms with Crippen LogP contribution in [0.1, 0.15) is 33.1 Å². The van der Waals surface area contributed by atoms with Crippen LogP contribution in [0.4, 0.5) is 5.69 Å². The number of rotatable bonds is 5. The lowest BCUT2D eigenvalue weighted by molar-refractivity contribution is 0.362. The van der Waals surface area contributed by atoms with Crippen LogP contribution in [0.2, 0.25) is 0 Å². The van der Waals surface area contributed by atoms with Crippen molar-refractivity contribution in [3.8, 4) is 5.75 Å². The minimum atomic E-state index is 0.555. The Morgan fingerprint density at radius 3 is 2.84 bits per heavy atom. The largest absolute Gasteiger partial charge is 0.495 e. The number of para-hydroxylation sites is 2. The molecule has 2 unspecified atom stereocenters. The van der Waals surface area contributed by atoms with Crippen molar-refractivity contribution >= 4 is 5.69 Å². The standard InChI is InChI=1S/C16H26N2O/c1-4-10-17-14-9-11-18(13(2)12-14)15-7-5-6-8-16(15)19-3/h5-8,13-14,17H,4,9-12H2,1-3H3. The third kappa shape index (κ3) is 3.41. The SMILES string of the molecule is CCCNC1CCN(c2ccccc2OC)C(C)C1. The van der Waals surface area contributed by atoms with Crippen LogP contribution in [0.3, 0.4) is 0 Å². The summed E-state index contributed by atoms with van der Waals surface area (Å²) in [4.78, 5) is 2.48. The fraction of sp³-hybridized carbons (Fsp3) is 0.625. The van der Waals surface area contributed by atoms with E-state index in [9.17, 15) is 0 Å². The van der Waals surface area contributed by atoms with Gasteiger partial charge >= 0.3 is 0 Å². The molecule has 0 amide bonds. The molecule has 3 nitrogen and oxygen atoms in total. The van der Waals surface area contributed by atoms with E-state index >= 15 is 0 Å². The molecule has 1 aliphatic rings. The van der Waals surface area contributed by atoms with E-state index in [1.165, 1.54) is 24.9 Å². The molecule has 0 aliphatic carbocycles. The molecular weight excluding hydrogens is 236 g/mol. The zero-order valence-corrected chi connectivity index (χ0v) is 12.4. The highest BCUT2D eigenvalue weighted by Gasteiger charge is 2.26. The molecule has 1 heterocycles. The second-order valence-electron chi connectivity index (χ2n) is 5.39. The van der Waals surface area contributed by atoms with Crippen molar-refractivity contribution in [3.05, 3.63) is 24.3 Å². The van der Waals surface area contributed by atoms with E-state index in [0.717, 1.165) is 18.8 Å². The zero-order chi connectivity index (χ0) is 13.7. The van der Waals surface area contributed by atoms with Gasteiger partial charge in [0, 0.05) is 18.6 Å². The van der Waals surface area contributed by atoms with E-state index in [-0.39, 0.29) is 0 Å². The van der Waals surface area contributed by atoms with Crippen LogP contribution in [0.5, 0.6) is 5.75 Å². The number of hydrogen-bond acceptors (Lipinski definition) is 3. The summed E-state index contributed by atoms with van der Waals surface area (Å²) in [6.07, 6.45) is 3.63. The minimum Gasteiger partial charge on any atom is -0.495 e. The van der Waals surface area contributed by atoms with Crippen LogP contribution in [-0.4, -0.2) is 32.3 Å². The highest BCUT2D eigenvalue weighted by Crippen LogP contribution is 2.32. The fourth-order valence-corrected chi connectivity index (χ4v) is 2.93. The Hall–Kier alpha value is -1.22. The molecule has 2 rings (SSSR count). The highest BCUT2D eigenvalue weighted by atomic mass is 16.5. The summed E-state index contributed by atoms with van der Waals surface area (Å²) in [6.45, 7) is 6.77.